The van der Waals surface area contributed by atoms with Crippen LogP contribution >= 0.6 is 11.6 Å². The van der Waals surface area contributed by atoms with Gasteiger partial charge in [-0.05, 0) is 32.0 Å². The number of amides is 1. The number of carbonyl (C=O) groups excluding carboxylic acids is 2. The van der Waals surface area contributed by atoms with E-state index >= 15 is 0 Å². The summed E-state index contributed by atoms with van der Waals surface area (Å²) in [5, 5.41) is 0.540. The molecule has 2 aromatic carbocycles. The lowest BCUT2D eigenvalue weighted by atomic mass is 9.88. The zero-order valence-corrected chi connectivity index (χ0v) is 15.8. The van der Waals surface area contributed by atoms with Gasteiger partial charge in [0.2, 0.25) is 0 Å². The number of benzene rings is 2. The normalized spacial score (nSPS) is 16.6. The fourth-order valence-corrected chi connectivity index (χ4v) is 3.78. The SMILES string of the molecule is NC(=O)OC(CN1CCC(C(=O)c2ccccc2)CC1)c1ccccc1Cl. The Hall–Kier alpha value is -2.37. The summed E-state index contributed by atoms with van der Waals surface area (Å²) in [6.07, 6.45) is 0.200. The van der Waals surface area contributed by atoms with Crippen LogP contribution in [0.4, 0.5) is 4.79 Å². The minimum atomic E-state index is -0.825. The number of carbonyl (C=O) groups is 2. The van der Waals surface area contributed by atoms with Crippen LogP contribution in [0.1, 0.15) is 34.9 Å². The molecule has 0 aromatic heterocycles. The van der Waals surface area contributed by atoms with E-state index in [4.69, 9.17) is 22.1 Å². The third-order valence-corrected chi connectivity index (χ3v) is 5.30. The molecule has 1 heterocycles. The van der Waals surface area contributed by atoms with E-state index in [2.05, 4.69) is 4.90 Å². The summed E-state index contributed by atoms with van der Waals surface area (Å²) in [6.45, 7) is 2.01. The van der Waals surface area contributed by atoms with Gasteiger partial charge in [0.25, 0.3) is 0 Å². The molecule has 1 aliphatic rings. The van der Waals surface area contributed by atoms with Crippen molar-refractivity contribution in [2.75, 3.05) is 19.6 Å². The third kappa shape index (κ3) is 5.08. The number of halogens is 1. The highest BCUT2D eigenvalue weighted by molar-refractivity contribution is 6.31. The van der Waals surface area contributed by atoms with E-state index in [1.54, 1.807) is 6.07 Å². The summed E-state index contributed by atoms with van der Waals surface area (Å²) in [5.41, 5.74) is 6.75. The van der Waals surface area contributed by atoms with E-state index in [9.17, 15) is 9.59 Å². The summed E-state index contributed by atoms with van der Waals surface area (Å²) < 4.78 is 5.31. The molecule has 1 saturated heterocycles. The van der Waals surface area contributed by atoms with Crippen molar-refractivity contribution in [1.29, 1.82) is 0 Å². The number of rotatable bonds is 6. The first-order chi connectivity index (χ1) is 13.0. The summed E-state index contributed by atoms with van der Waals surface area (Å²) >= 11 is 6.26. The number of nitrogens with two attached hydrogens (primary N) is 1. The molecule has 1 aliphatic heterocycles. The van der Waals surface area contributed by atoms with E-state index in [1.807, 2.05) is 48.5 Å². The van der Waals surface area contributed by atoms with Crippen molar-refractivity contribution < 1.29 is 14.3 Å². The van der Waals surface area contributed by atoms with Gasteiger partial charge < -0.3 is 10.5 Å². The number of hydrogen-bond acceptors (Lipinski definition) is 4. The number of Topliss-reactive ketones (excluding diaryl/α,β-unsaturated/α-hetero) is 1. The van der Waals surface area contributed by atoms with Gasteiger partial charge in [-0.2, -0.15) is 0 Å². The van der Waals surface area contributed by atoms with Gasteiger partial charge in [0.05, 0.1) is 0 Å². The number of ether oxygens (including phenoxy) is 1. The third-order valence-electron chi connectivity index (χ3n) is 4.95. The number of hydrogen-bond donors (Lipinski definition) is 1. The van der Waals surface area contributed by atoms with Crippen molar-refractivity contribution in [3.63, 3.8) is 0 Å². The Morgan fingerprint density at radius 3 is 2.33 bits per heavy atom. The van der Waals surface area contributed by atoms with Gasteiger partial charge in [-0.15, -0.1) is 0 Å². The Morgan fingerprint density at radius 1 is 1.07 bits per heavy atom. The lowest BCUT2D eigenvalue weighted by Gasteiger charge is -2.33. The molecule has 0 saturated carbocycles. The van der Waals surface area contributed by atoms with E-state index in [-0.39, 0.29) is 11.7 Å². The highest BCUT2D eigenvalue weighted by atomic mass is 35.5. The summed E-state index contributed by atoms with van der Waals surface area (Å²) in [5.74, 6) is 0.228. The Labute approximate surface area is 164 Å². The standard InChI is InChI=1S/C21H23ClN2O3/c22-18-9-5-4-8-17(18)19(27-21(23)26)14-24-12-10-16(11-13-24)20(25)15-6-2-1-3-7-15/h1-9,16,19H,10-14H2,(H2,23,26). The number of likely N-dealkylation sites (tertiary alicyclic amines) is 1. The lowest BCUT2D eigenvalue weighted by Crippen LogP contribution is -2.39. The Balaban J connectivity index is 1.62. The van der Waals surface area contributed by atoms with E-state index in [0.717, 1.165) is 37.1 Å². The summed E-state index contributed by atoms with van der Waals surface area (Å²) in [6, 6.07) is 16.7. The van der Waals surface area contributed by atoms with Gasteiger partial charge in [0.15, 0.2) is 5.78 Å². The smallest absolute Gasteiger partial charge is 0.405 e. The molecule has 0 spiro atoms. The molecule has 27 heavy (non-hydrogen) atoms. The van der Waals surface area contributed by atoms with E-state index in [0.29, 0.717) is 11.6 Å². The molecule has 2 N–H and O–H groups in total. The maximum Gasteiger partial charge on any atom is 0.405 e. The molecule has 142 valence electrons. The predicted octanol–water partition coefficient (Wildman–Crippen LogP) is 4.07. The molecule has 0 radical (unpaired) electrons. The highest BCUT2D eigenvalue weighted by Crippen LogP contribution is 2.29. The molecule has 0 aliphatic carbocycles. The second-order valence-electron chi connectivity index (χ2n) is 6.75. The van der Waals surface area contributed by atoms with Crippen LogP contribution in [0.5, 0.6) is 0 Å². The molecular weight excluding hydrogens is 364 g/mol. The quantitative estimate of drug-likeness (QED) is 0.759. The summed E-state index contributed by atoms with van der Waals surface area (Å²) in [7, 11) is 0. The van der Waals surface area contributed by atoms with Crippen molar-refractivity contribution in [2.45, 2.75) is 18.9 Å². The Bertz CT molecular complexity index is 789. The maximum absolute atomic E-state index is 12.6. The van der Waals surface area contributed by atoms with Crippen molar-refractivity contribution in [2.24, 2.45) is 11.7 Å². The molecule has 1 atom stereocenters. The molecule has 3 rings (SSSR count). The first-order valence-electron chi connectivity index (χ1n) is 9.06. The molecular formula is C21H23ClN2O3. The molecule has 1 unspecified atom stereocenters. The van der Waals surface area contributed by atoms with Crippen molar-refractivity contribution >= 4 is 23.5 Å². The molecule has 1 amide bonds. The molecule has 1 fully saturated rings. The maximum atomic E-state index is 12.6. The van der Waals surface area contributed by atoms with E-state index < -0.39 is 12.2 Å². The van der Waals surface area contributed by atoms with Crippen LogP contribution < -0.4 is 5.73 Å². The summed E-state index contributed by atoms with van der Waals surface area (Å²) in [4.78, 5) is 26.1. The van der Waals surface area contributed by atoms with Crippen LogP contribution in [-0.4, -0.2) is 36.4 Å². The number of nitrogens with zero attached hydrogens (tertiary/aromatic N) is 1. The largest absolute Gasteiger partial charge is 0.440 e. The average Bonchev–Trinajstić information content (AvgIpc) is 2.68. The number of primary amides is 1. The zero-order valence-electron chi connectivity index (χ0n) is 15.0. The first kappa shape index (κ1) is 19.4. The number of ketones is 1. The van der Waals surface area contributed by atoms with Gasteiger partial charge in [0.1, 0.15) is 6.10 Å². The fourth-order valence-electron chi connectivity index (χ4n) is 3.53. The van der Waals surface area contributed by atoms with Crippen LogP contribution in [0.25, 0.3) is 0 Å². The molecule has 0 bridgehead atoms. The van der Waals surface area contributed by atoms with Gasteiger partial charge in [0, 0.05) is 28.6 Å². The molecule has 6 heteroatoms. The van der Waals surface area contributed by atoms with Crippen LogP contribution in [0.3, 0.4) is 0 Å². The minimum absolute atomic E-state index is 0.0273. The first-order valence-corrected chi connectivity index (χ1v) is 9.44. The van der Waals surface area contributed by atoms with Crippen LogP contribution in [0.2, 0.25) is 5.02 Å². The monoisotopic (exact) mass is 386 g/mol. The van der Waals surface area contributed by atoms with Gasteiger partial charge in [-0.25, -0.2) is 4.79 Å². The minimum Gasteiger partial charge on any atom is -0.440 e. The van der Waals surface area contributed by atoms with Gasteiger partial charge in [-0.3, -0.25) is 9.69 Å². The van der Waals surface area contributed by atoms with Crippen LogP contribution in [-0.2, 0) is 4.74 Å². The second kappa shape index (κ2) is 9.02. The Kier molecular flexibility index (Phi) is 6.48. The van der Waals surface area contributed by atoms with Crippen LogP contribution in [0, 0.1) is 5.92 Å². The fraction of sp³-hybridized carbons (Fsp3) is 0.333. The Morgan fingerprint density at radius 2 is 1.70 bits per heavy atom. The van der Waals surface area contributed by atoms with Gasteiger partial charge in [-0.1, -0.05) is 60.1 Å². The highest BCUT2D eigenvalue weighted by Gasteiger charge is 2.28. The second-order valence-corrected chi connectivity index (χ2v) is 7.16. The van der Waals surface area contributed by atoms with Crippen molar-refractivity contribution in [3.8, 4) is 0 Å². The van der Waals surface area contributed by atoms with Crippen molar-refractivity contribution in [3.05, 3.63) is 70.7 Å². The van der Waals surface area contributed by atoms with Crippen molar-refractivity contribution in [1.82, 2.24) is 4.90 Å². The lowest BCUT2D eigenvalue weighted by molar-refractivity contribution is 0.0598. The van der Waals surface area contributed by atoms with E-state index in [1.165, 1.54) is 0 Å². The molecule has 2 aromatic rings. The van der Waals surface area contributed by atoms with Gasteiger partial charge >= 0.3 is 6.09 Å². The van der Waals surface area contributed by atoms with Crippen LogP contribution in [0.15, 0.2) is 54.6 Å². The topological polar surface area (TPSA) is 72.6 Å². The predicted molar refractivity (Wildman–Crippen MR) is 105 cm³/mol. The molecule has 5 nitrogen and oxygen atoms in total. The average molecular weight is 387 g/mol. The number of piperidine rings is 1. The zero-order chi connectivity index (χ0) is 19.2.